The van der Waals surface area contributed by atoms with E-state index in [1.165, 1.54) is 31.4 Å². The lowest BCUT2D eigenvalue weighted by Crippen LogP contribution is -2.19. The van der Waals surface area contributed by atoms with Crippen molar-refractivity contribution in [1.29, 1.82) is 5.26 Å². The Morgan fingerprint density at radius 1 is 1.29 bits per heavy atom. The van der Waals surface area contributed by atoms with Crippen LogP contribution in [0, 0.1) is 37.0 Å². The van der Waals surface area contributed by atoms with Crippen LogP contribution in [0.3, 0.4) is 0 Å². The highest BCUT2D eigenvalue weighted by molar-refractivity contribution is 5.58. The molecule has 2 fully saturated rings. The number of rotatable bonds is 1. The summed E-state index contributed by atoms with van der Waals surface area (Å²) in [5, 5.41) is 9.17. The van der Waals surface area contributed by atoms with Gasteiger partial charge in [0.2, 0.25) is 0 Å². The normalized spacial score (nSPS) is 30.8. The Morgan fingerprint density at radius 2 is 2.06 bits per heavy atom. The highest BCUT2D eigenvalue weighted by Crippen LogP contribution is 2.52. The zero-order chi connectivity index (χ0) is 12.2. The molecule has 1 aromatic rings. The number of nitrogen functional groups attached to an aromatic ring is 1. The van der Waals surface area contributed by atoms with Crippen LogP contribution in [0.25, 0.3) is 0 Å². The highest BCUT2D eigenvalue weighted by atomic mass is 15.1. The van der Waals surface area contributed by atoms with Gasteiger partial charge in [-0.2, -0.15) is 5.26 Å². The summed E-state index contributed by atoms with van der Waals surface area (Å²) in [6.07, 6.45) is 5.36. The first-order chi connectivity index (χ1) is 8.13. The number of anilines is 1. The summed E-state index contributed by atoms with van der Waals surface area (Å²) >= 11 is 0. The van der Waals surface area contributed by atoms with Crippen molar-refractivity contribution in [2.24, 2.45) is 11.8 Å². The van der Waals surface area contributed by atoms with Crippen LogP contribution in [0.1, 0.15) is 48.5 Å². The maximum absolute atomic E-state index is 9.17. The molecule has 17 heavy (non-hydrogen) atoms. The van der Waals surface area contributed by atoms with Crippen LogP contribution in [-0.2, 0) is 0 Å². The lowest BCUT2D eigenvalue weighted by molar-refractivity contribution is 0.329. The Labute approximate surface area is 102 Å². The first-order valence-electron chi connectivity index (χ1n) is 6.50. The minimum absolute atomic E-state index is 0.551. The quantitative estimate of drug-likeness (QED) is 0.805. The molecular formula is C14H19N3. The molecule has 1 heterocycles. The molecule has 3 nitrogen and oxygen atoms in total. The summed E-state index contributed by atoms with van der Waals surface area (Å²) in [5.74, 6) is 2.39. The van der Waals surface area contributed by atoms with Crippen LogP contribution >= 0.6 is 0 Å². The second kappa shape index (κ2) is 3.53. The van der Waals surface area contributed by atoms with Crippen LogP contribution < -0.4 is 5.73 Å². The predicted molar refractivity (Wildman–Crippen MR) is 67.5 cm³/mol. The average Bonchev–Trinajstić information content (AvgIpc) is 2.96. The fraction of sp³-hybridized carbons (Fsp3) is 0.643. The maximum Gasteiger partial charge on any atom is 0.122 e. The number of aromatic nitrogens is 1. The fourth-order valence-corrected chi connectivity index (χ4v) is 3.95. The van der Waals surface area contributed by atoms with Crippen LogP contribution in [0.2, 0.25) is 0 Å². The standard InChI is InChI=1S/C14H19N3/c1-8-9(2)17(14(16)12(8)7-15)13-6-10-3-4-11(13)5-10/h10-11,13H,3-6,16H2,1-2H3. The van der Waals surface area contributed by atoms with Gasteiger partial charge >= 0.3 is 0 Å². The van der Waals surface area contributed by atoms with E-state index in [1.54, 1.807) is 0 Å². The summed E-state index contributed by atoms with van der Waals surface area (Å²) in [6.45, 7) is 4.10. The molecule has 2 bridgehead atoms. The molecule has 90 valence electrons. The number of hydrogen-bond donors (Lipinski definition) is 1. The fourth-order valence-electron chi connectivity index (χ4n) is 3.95. The molecule has 0 spiro atoms. The molecular weight excluding hydrogens is 210 g/mol. The smallest absolute Gasteiger partial charge is 0.122 e. The molecule has 3 rings (SSSR count). The van der Waals surface area contributed by atoms with Crippen molar-refractivity contribution in [1.82, 2.24) is 4.57 Å². The number of hydrogen-bond acceptors (Lipinski definition) is 2. The minimum atomic E-state index is 0.551. The molecule has 0 aliphatic heterocycles. The zero-order valence-electron chi connectivity index (χ0n) is 10.5. The Bertz CT molecular complexity index is 507. The predicted octanol–water partition coefficient (Wildman–Crippen LogP) is 2.92. The van der Waals surface area contributed by atoms with E-state index in [-0.39, 0.29) is 0 Å². The van der Waals surface area contributed by atoms with Gasteiger partial charge in [0.1, 0.15) is 11.9 Å². The molecule has 3 unspecified atom stereocenters. The molecule has 2 aliphatic carbocycles. The first kappa shape index (κ1) is 10.7. The van der Waals surface area contributed by atoms with Gasteiger partial charge in [0.15, 0.2) is 0 Å². The van der Waals surface area contributed by atoms with Crippen molar-refractivity contribution in [3.8, 4) is 6.07 Å². The van der Waals surface area contributed by atoms with E-state index < -0.39 is 0 Å². The van der Waals surface area contributed by atoms with Gasteiger partial charge in [0.25, 0.3) is 0 Å². The van der Waals surface area contributed by atoms with Gasteiger partial charge < -0.3 is 10.3 Å². The van der Waals surface area contributed by atoms with Gasteiger partial charge in [-0.25, -0.2) is 0 Å². The number of nitrogens with zero attached hydrogens (tertiary/aromatic N) is 2. The number of nitrogens with two attached hydrogens (primary N) is 1. The van der Waals surface area contributed by atoms with E-state index in [9.17, 15) is 0 Å². The Morgan fingerprint density at radius 3 is 2.53 bits per heavy atom. The first-order valence-corrected chi connectivity index (χ1v) is 6.50. The summed E-state index contributed by atoms with van der Waals surface area (Å²) in [7, 11) is 0. The van der Waals surface area contributed by atoms with Gasteiger partial charge in [-0.15, -0.1) is 0 Å². The van der Waals surface area contributed by atoms with Crippen LogP contribution in [-0.4, -0.2) is 4.57 Å². The molecule has 0 saturated heterocycles. The zero-order valence-corrected chi connectivity index (χ0v) is 10.5. The van der Waals surface area contributed by atoms with Crippen molar-refractivity contribution in [3.05, 3.63) is 16.8 Å². The lowest BCUT2D eigenvalue weighted by atomic mass is 9.95. The largest absolute Gasteiger partial charge is 0.384 e. The van der Waals surface area contributed by atoms with Crippen molar-refractivity contribution >= 4 is 5.82 Å². The van der Waals surface area contributed by atoms with Crippen LogP contribution in [0.15, 0.2) is 0 Å². The van der Waals surface area contributed by atoms with Gasteiger partial charge in [-0.3, -0.25) is 0 Å². The van der Waals surface area contributed by atoms with E-state index in [2.05, 4.69) is 17.6 Å². The Hall–Kier alpha value is -1.43. The van der Waals surface area contributed by atoms with Gasteiger partial charge in [0.05, 0.1) is 5.56 Å². The maximum atomic E-state index is 9.17. The van der Waals surface area contributed by atoms with Crippen LogP contribution in [0.4, 0.5) is 5.82 Å². The summed E-state index contributed by atoms with van der Waals surface area (Å²) < 4.78 is 2.25. The van der Waals surface area contributed by atoms with Gasteiger partial charge in [-0.1, -0.05) is 6.42 Å². The van der Waals surface area contributed by atoms with Crippen molar-refractivity contribution in [2.45, 2.75) is 45.6 Å². The Balaban J connectivity index is 2.07. The monoisotopic (exact) mass is 229 g/mol. The van der Waals surface area contributed by atoms with E-state index in [0.29, 0.717) is 17.4 Å². The molecule has 0 aromatic carbocycles. The van der Waals surface area contributed by atoms with Gasteiger partial charge in [0, 0.05) is 11.7 Å². The molecule has 2 aliphatic rings. The van der Waals surface area contributed by atoms with E-state index in [4.69, 9.17) is 11.0 Å². The third-order valence-electron chi connectivity index (χ3n) is 4.94. The molecule has 1 aromatic heterocycles. The summed E-state index contributed by atoms with van der Waals surface area (Å²) in [5.41, 5.74) is 9.11. The van der Waals surface area contributed by atoms with Crippen molar-refractivity contribution < 1.29 is 0 Å². The van der Waals surface area contributed by atoms with E-state index in [0.717, 1.165) is 17.4 Å². The lowest BCUT2D eigenvalue weighted by Gasteiger charge is -2.26. The highest BCUT2D eigenvalue weighted by Gasteiger charge is 2.41. The third-order valence-corrected chi connectivity index (χ3v) is 4.94. The Kier molecular flexibility index (Phi) is 2.22. The molecule has 2 N–H and O–H groups in total. The second-order valence-electron chi connectivity index (χ2n) is 5.69. The number of fused-ring (bicyclic) bond motifs is 2. The topological polar surface area (TPSA) is 54.7 Å². The summed E-state index contributed by atoms with van der Waals surface area (Å²) in [4.78, 5) is 0. The molecule has 3 heteroatoms. The molecule has 0 radical (unpaired) electrons. The number of nitriles is 1. The van der Waals surface area contributed by atoms with Gasteiger partial charge in [-0.05, 0) is 50.5 Å². The third kappa shape index (κ3) is 1.33. The summed E-state index contributed by atoms with van der Waals surface area (Å²) in [6, 6.07) is 2.80. The van der Waals surface area contributed by atoms with E-state index in [1.807, 2.05) is 6.92 Å². The average molecular weight is 229 g/mol. The van der Waals surface area contributed by atoms with Crippen molar-refractivity contribution in [3.63, 3.8) is 0 Å². The van der Waals surface area contributed by atoms with Crippen LogP contribution in [0.5, 0.6) is 0 Å². The van der Waals surface area contributed by atoms with Crippen molar-refractivity contribution in [2.75, 3.05) is 5.73 Å². The minimum Gasteiger partial charge on any atom is -0.384 e. The second-order valence-corrected chi connectivity index (χ2v) is 5.69. The SMILES string of the molecule is Cc1c(C#N)c(N)n(C2CC3CCC2C3)c1C. The molecule has 3 atom stereocenters. The van der Waals surface area contributed by atoms with E-state index >= 15 is 0 Å². The molecule has 2 saturated carbocycles. The molecule has 0 amide bonds.